The Balaban J connectivity index is 1.93. The Bertz CT molecular complexity index is 954. The predicted molar refractivity (Wildman–Crippen MR) is 71.9 cm³/mol. The highest BCUT2D eigenvalue weighted by atomic mass is 32.1. The highest BCUT2D eigenvalue weighted by Gasteiger charge is 2.36. The van der Waals surface area contributed by atoms with Crippen LogP contribution in [-0.4, -0.2) is 9.97 Å². The number of oxazole rings is 1. The Morgan fingerprint density at radius 1 is 1.26 bits per heavy atom. The summed E-state index contributed by atoms with van der Waals surface area (Å²) in [4.78, 5) is 9.76. The molecule has 90 valence electrons. The summed E-state index contributed by atoms with van der Waals surface area (Å²) < 4.78 is 9.46. The molecule has 19 heavy (non-hydrogen) atoms. The Hall–Kier alpha value is -2.27. The fourth-order valence-corrected chi connectivity index (χ4v) is 3.77. The smallest absolute Gasteiger partial charge is 0.383 e. The average Bonchev–Trinajstić information content (AvgIpc) is 3.07. The van der Waals surface area contributed by atoms with Crippen LogP contribution in [0.5, 0.6) is 0 Å². The third-order valence-corrected chi connectivity index (χ3v) is 4.69. The molecule has 5 heteroatoms. The fourth-order valence-electron chi connectivity index (χ4n) is 2.69. The second-order valence-electron chi connectivity index (χ2n) is 4.61. The number of hydrogen-bond donors (Lipinski definition) is 0. The SMILES string of the molecule is c1cnc2c(c1)sc1c2oc2[n+]1Cc1cnccc1-2. The highest BCUT2D eigenvalue weighted by Crippen LogP contribution is 2.37. The third-order valence-electron chi connectivity index (χ3n) is 3.54. The highest BCUT2D eigenvalue weighted by molar-refractivity contribution is 7.24. The van der Waals surface area contributed by atoms with Gasteiger partial charge in [0.25, 0.3) is 0 Å². The van der Waals surface area contributed by atoms with Crippen molar-refractivity contribution in [3.05, 3.63) is 42.4 Å². The lowest BCUT2D eigenvalue weighted by molar-refractivity contribution is -0.647. The van der Waals surface area contributed by atoms with Gasteiger partial charge in [-0.25, -0.2) is 0 Å². The van der Waals surface area contributed by atoms with E-state index in [0.717, 1.165) is 33.9 Å². The maximum absolute atomic E-state index is 6.07. The molecule has 0 fully saturated rings. The fraction of sp³-hybridized carbons (Fsp3) is 0.0714. The van der Waals surface area contributed by atoms with Crippen molar-refractivity contribution in [2.45, 2.75) is 6.54 Å². The van der Waals surface area contributed by atoms with E-state index in [1.54, 1.807) is 11.3 Å². The third kappa shape index (κ3) is 1.11. The molecule has 0 saturated carbocycles. The van der Waals surface area contributed by atoms with Gasteiger partial charge in [-0.1, -0.05) is 11.3 Å². The van der Waals surface area contributed by atoms with Crippen molar-refractivity contribution in [2.75, 3.05) is 0 Å². The zero-order valence-corrected chi connectivity index (χ0v) is 10.6. The van der Waals surface area contributed by atoms with Gasteiger partial charge in [0.15, 0.2) is 6.54 Å². The Labute approximate surface area is 112 Å². The van der Waals surface area contributed by atoms with Crippen LogP contribution in [0, 0.1) is 0 Å². The number of aromatic nitrogens is 3. The van der Waals surface area contributed by atoms with Crippen LogP contribution in [0.25, 0.3) is 32.1 Å². The van der Waals surface area contributed by atoms with Gasteiger partial charge in [0.2, 0.25) is 5.58 Å². The molecular weight excluding hydrogens is 258 g/mol. The van der Waals surface area contributed by atoms with E-state index in [1.165, 1.54) is 10.3 Å². The van der Waals surface area contributed by atoms with Gasteiger partial charge >= 0.3 is 10.7 Å². The standard InChI is InChI=1S/C14H8N3OS/c1-2-10-11(16-4-1)12-14(19-10)17-7-8-6-15-5-3-9(8)13(17)18-12/h1-6H,7H2/q+1. The van der Waals surface area contributed by atoms with Crippen molar-refractivity contribution in [3.8, 4) is 11.5 Å². The molecule has 4 aromatic rings. The van der Waals surface area contributed by atoms with Gasteiger partial charge in [-0.2, -0.15) is 0 Å². The van der Waals surface area contributed by atoms with Crippen molar-refractivity contribution in [1.82, 2.24) is 9.97 Å². The number of fused-ring (bicyclic) bond motifs is 7. The summed E-state index contributed by atoms with van der Waals surface area (Å²) in [6.45, 7) is 0.832. The van der Waals surface area contributed by atoms with Gasteiger partial charge in [-0.3, -0.25) is 9.97 Å². The van der Waals surface area contributed by atoms with Gasteiger partial charge in [0, 0.05) is 18.6 Å². The van der Waals surface area contributed by atoms with Crippen LogP contribution >= 0.6 is 11.3 Å². The second kappa shape index (κ2) is 3.19. The van der Waals surface area contributed by atoms with Crippen LogP contribution in [0.3, 0.4) is 0 Å². The zero-order valence-electron chi connectivity index (χ0n) is 9.83. The summed E-state index contributed by atoms with van der Waals surface area (Å²) in [7, 11) is 0. The van der Waals surface area contributed by atoms with E-state index >= 15 is 0 Å². The van der Waals surface area contributed by atoms with Gasteiger partial charge in [0.05, 0.1) is 15.8 Å². The number of rotatable bonds is 0. The van der Waals surface area contributed by atoms with Crippen molar-refractivity contribution in [2.24, 2.45) is 0 Å². The molecule has 5 heterocycles. The molecule has 4 nitrogen and oxygen atoms in total. The van der Waals surface area contributed by atoms with Crippen molar-refractivity contribution in [1.29, 1.82) is 0 Å². The molecule has 0 N–H and O–H groups in total. The van der Waals surface area contributed by atoms with Crippen LogP contribution in [0.1, 0.15) is 5.56 Å². The quantitative estimate of drug-likeness (QED) is 0.405. The lowest BCUT2D eigenvalue weighted by Crippen LogP contribution is -2.29. The van der Waals surface area contributed by atoms with Crippen molar-refractivity contribution in [3.63, 3.8) is 0 Å². The molecule has 0 radical (unpaired) electrons. The number of nitrogens with zero attached hydrogens (tertiary/aromatic N) is 3. The van der Waals surface area contributed by atoms with Gasteiger partial charge in [-0.05, 0) is 18.2 Å². The van der Waals surface area contributed by atoms with E-state index < -0.39 is 0 Å². The average molecular weight is 266 g/mol. The van der Waals surface area contributed by atoms with Crippen LogP contribution in [-0.2, 0) is 6.54 Å². The van der Waals surface area contributed by atoms with Crippen LogP contribution in [0.4, 0.5) is 0 Å². The first kappa shape index (κ1) is 9.63. The first-order valence-electron chi connectivity index (χ1n) is 6.05. The molecule has 0 spiro atoms. The largest absolute Gasteiger partial charge is 0.394 e. The molecule has 0 unspecified atom stereocenters. The Morgan fingerprint density at radius 2 is 2.26 bits per heavy atom. The lowest BCUT2D eigenvalue weighted by Gasteiger charge is -1.88. The van der Waals surface area contributed by atoms with Crippen molar-refractivity contribution >= 4 is 32.0 Å². The minimum absolute atomic E-state index is 0.832. The molecule has 4 aromatic heterocycles. The van der Waals surface area contributed by atoms with E-state index in [2.05, 4.69) is 20.6 Å². The summed E-state index contributed by atoms with van der Waals surface area (Å²) in [5.74, 6) is 0.922. The first-order chi connectivity index (χ1) is 9.42. The Morgan fingerprint density at radius 3 is 3.26 bits per heavy atom. The van der Waals surface area contributed by atoms with E-state index in [-0.39, 0.29) is 0 Å². The summed E-state index contributed by atoms with van der Waals surface area (Å²) in [5, 5.41) is 0. The molecule has 5 rings (SSSR count). The number of hydrogen-bond acceptors (Lipinski definition) is 4. The van der Waals surface area contributed by atoms with Crippen LogP contribution in [0.2, 0.25) is 0 Å². The van der Waals surface area contributed by atoms with E-state index in [0.29, 0.717) is 0 Å². The molecule has 0 atom stereocenters. The van der Waals surface area contributed by atoms with Crippen LogP contribution < -0.4 is 4.57 Å². The molecule has 0 saturated heterocycles. The summed E-state index contributed by atoms with van der Waals surface area (Å²) >= 11 is 1.73. The zero-order chi connectivity index (χ0) is 12.4. The number of thiophene rings is 1. The molecule has 0 aliphatic carbocycles. The second-order valence-corrected chi connectivity index (χ2v) is 5.64. The molecular formula is C14H8N3OS+. The summed E-state index contributed by atoms with van der Waals surface area (Å²) in [6.07, 6.45) is 5.53. The topological polar surface area (TPSA) is 42.8 Å². The van der Waals surface area contributed by atoms with E-state index in [1.807, 2.05) is 30.7 Å². The van der Waals surface area contributed by atoms with Crippen LogP contribution in [0.15, 0.2) is 41.2 Å². The monoisotopic (exact) mass is 266 g/mol. The van der Waals surface area contributed by atoms with Gasteiger partial charge in [0.1, 0.15) is 5.52 Å². The first-order valence-corrected chi connectivity index (χ1v) is 6.86. The normalized spacial score (nSPS) is 13.1. The van der Waals surface area contributed by atoms with Gasteiger partial charge in [-0.15, -0.1) is 4.57 Å². The Kier molecular flexibility index (Phi) is 1.62. The maximum Gasteiger partial charge on any atom is 0.383 e. The van der Waals surface area contributed by atoms with Crippen molar-refractivity contribution < 1.29 is 8.98 Å². The molecule has 1 aliphatic heterocycles. The summed E-state index contributed by atoms with van der Waals surface area (Å²) in [6, 6.07) is 6.05. The van der Waals surface area contributed by atoms with E-state index in [4.69, 9.17) is 4.42 Å². The molecule has 0 amide bonds. The van der Waals surface area contributed by atoms with Gasteiger partial charge < -0.3 is 4.42 Å². The minimum Gasteiger partial charge on any atom is -0.394 e. The molecule has 0 bridgehead atoms. The number of pyridine rings is 2. The molecule has 0 aromatic carbocycles. The molecule has 1 aliphatic rings. The predicted octanol–water partition coefficient (Wildman–Crippen LogP) is 2.75. The lowest BCUT2D eigenvalue weighted by atomic mass is 10.2. The van der Waals surface area contributed by atoms with E-state index in [9.17, 15) is 0 Å². The summed E-state index contributed by atoms with van der Waals surface area (Å²) in [5.41, 5.74) is 4.22. The minimum atomic E-state index is 0.832. The maximum atomic E-state index is 6.07.